The Labute approximate surface area is 143 Å². The Morgan fingerprint density at radius 2 is 1.44 bits per heavy atom. The van der Waals surface area contributed by atoms with Crippen molar-refractivity contribution in [2.75, 3.05) is 12.3 Å². The first kappa shape index (κ1) is 16.6. The minimum Gasteiger partial charge on any atom is -0.494 e. The van der Waals surface area contributed by atoms with E-state index < -0.39 is 11.1 Å². The summed E-state index contributed by atoms with van der Waals surface area (Å²) in [4.78, 5) is 23.9. The molecule has 1 aromatic heterocycles. The van der Waals surface area contributed by atoms with Crippen LogP contribution in [0.1, 0.15) is 6.92 Å². The largest absolute Gasteiger partial charge is 0.494 e. The second-order valence-electron chi connectivity index (χ2n) is 5.61. The number of fused-ring (bicyclic) bond motifs is 1. The standard InChI is InChI=1S/C18H19N3O4/c1-4-24-11-5-7-12(8-6-11)25-16-10-15-14(9-13(16)19)20(2)17(22)18(23)21(15)3/h5-10H,4,19H2,1-3H3. The van der Waals surface area contributed by atoms with Crippen LogP contribution >= 0.6 is 0 Å². The number of hydrogen-bond donors (Lipinski definition) is 1. The van der Waals surface area contributed by atoms with Crippen LogP contribution in [0.15, 0.2) is 46.0 Å². The average Bonchev–Trinajstić information content (AvgIpc) is 2.61. The van der Waals surface area contributed by atoms with Crippen LogP contribution in [0.4, 0.5) is 5.69 Å². The zero-order chi connectivity index (χ0) is 18.1. The quantitative estimate of drug-likeness (QED) is 0.579. The molecule has 0 radical (unpaired) electrons. The van der Waals surface area contributed by atoms with Gasteiger partial charge in [-0.25, -0.2) is 0 Å². The molecule has 0 aliphatic carbocycles. The Hall–Kier alpha value is -3.22. The first-order valence-electron chi connectivity index (χ1n) is 7.82. The van der Waals surface area contributed by atoms with Crippen LogP contribution in [-0.2, 0) is 14.1 Å². The molecule has 0 unspecified atom stereocenters. The number of ether oxygens (including phenoxy) is 2. The maximum Gasteiger partial charge on any atom is 0.316 e. The van der Waals surface area contributed by atoms with Crippen molar-refractivity contribution in [2.45, 2.75) is 6.92 Å². The Morgan fingerprint density at radius 3 is 2.00 bits per heavy atom. The smallest absolute Gasteiger partial charge is 0.316 e. The number of aryl methyl sites for hydroxylation is 2. The SMILES string of the molecule is CCOc1ccc(Oc2cc3c(cc2N)n(C)c(=O)c(=O)n3C)cc1. The van der Waals surface area contributed by atoms with Gasteiger partial charge in [0.05, 0.1) is 23.3 Å². The van der Waals surface area contributed by atoms with Crippen molar-refractivity contribution in [3.05, 3.63) is 57.1 Å². The van der Waals surface area contributed by atoms with Crippen molar-refractivity contribution < 1.29 is 9.47 Å². The number of hydrogen-bond acceptors (Lipinski definition) is 5. The Kier molecular flexibility index (Phi) is 4.22. The monoisotopic (exact) mass is 341 g/mol. The van der Waals surface area contributed by atoms with Crippen LogP contribution in [0.25, 0.3) is 11.0 Å². The van der Waals surface area contributed by atoms with E-state index in [1.165, 1.54) is 9.13 Å². The van der Waals surface area contributed by atoms with E-state index in [2.05, 4.69) is 0 Å². The molecule has 25 heavy (non-hydrogen) atoms. The summed E-state index contributed by atoms with van der Waals surface area (Å²) >= 11 is 0. The fourth-order valence-corrected chi connectivity index (χ4v) is 2.60. The van der Waals surface area contributed by atoms with Gasteiger partial charge in [-0.05, 0) is 37.3 Å². The molecule has 3 aromatic rings. The van der Waals surface area contributed by atoms with Crippen LogP contribution in [-0.4, -0.2) is 15.7 Å². The van der Waals surface area contributed by atoms with Crippen LogP contribution in [0.5, 0.6) is 17.2 Å². The highest BCUT2D eigenvalue weighted by molar-refractivity contribution is 5.82. The molecule has 2 aromatic carbocycles. The second-order valence-corrected chi connectivity index (χ2v) is 5.61. The molecule has 0 aliphatic heterocycles. The Morgan fingerprint density at radius 1 is 0.920 bits per heavy atom. The number of nitrogen functional groups attached to an aromatic ring is 1. The fraction of sp³-hybridized carbons (Fsp3) is 0.222. The normalized spacial score (nSPS) is 10.8. The van der Waals surface area contributed by atoms with Gasteiger partial charge in [-0.2, -0.15) is 0 Å². The van der Waals surface area contributed by atoms with Crippen LogP contribution in [0.2, 0.25) is 0 Å². The molecule has 0 saturated heterocycles. The second kappa shape index (κ2) is 6.35. The zero-order valence-electron chi connectivity index (χ0n) is 14.3. The molecule has 0 bridgehead atoms. The number of anilines is 1. The summed E-state index contributed by atoms with van der Waals surface area (Å²) in [6.07, 6.45) is 0. The lowest BCUT2D eigenvalue weighted by Crippen LogP contribution is -2.39. The van der Waals surface area contributed by atoms with Gasteiger partial charge in [-0.15, -0.1) is 0 Å². The van der Waals surface area contributed by atoms with E-state index in [4.69, 9.17) is 15.2 Å². The molecule has 0 fully saturated rings. The number of aromatic nitrogens is 2. The van der Waals surface area contributed by atoms with Crippen molar-refractivity contribution in [1.29, 1.82) is 0 Å². The highest BCUT2D eigenvalue weighted by Crippen LogP contribution is 2.31. The summed E-state index contributed by atoms with van der Waals surface area (Å²) in [6, 6.07) is 10.4. The summed E-state index contributed by atoms with van der Waals surface area (Å²) in [5.41, 5.74) is 6.35. The molecule has 0 spiro atoms. The number of benzene rings is 2. The topological polar surface area (TPSA) is 88.5 Å². The van der Waals surface area contributed by atoms with E-state index in [9.17, 15) is 9.59 Å². The predicted molar refractivity (Wildman–Crippen MR) is 96.5 cm³/mol. The van der Waals surface area contributed by atoms with E-state index >= 15 is 0 Å². The maximum absolute atomic E-state index is 12.0. The molecule has 0 saturated carbocycles. The van der Waals surface area contributed by atoms with Gasteiger partial charge in [0.1, 0.15) is 11.5 Å². The molecule has 7 nitrogen and oxygen atoms in total. The van der Waals surface area contributed by atoms with Gasteiger partial charge in [0.15, 0.2) is 5.75 Å². The number of nitrogens with two attached hydrogens (primary N) is 1. The van der Waals surface area contributed by atoms with Crippen molar-refractivity contribution >= 4 is 16.7 Å². The van der Waals surface area contributed by atoms with Crippen LogP contribution in [0, 0.1) is 0 Å². The van der Waals surface area contributed by atoms with Gasteiger partial charge in [-0.1, -0.05) is 0 Å². The van der Waals surface area contributed by atoms with E-state index in [-0.39, 0.29) is 0 Å². The van der Waals surface area contributed by atoms with Crippen molar-refractivity contribution in [2.24, 2.45) is 14.1 Å². The minimum absolute atomic E-state index is 0.370. The molecule has 2 N–H and O–H groups in total. The van der Waals surface area contributed by atoms with Crippen molar-refractivity contribution in [1.82, 2.24) is 9.13 Å². The van der Waals surface area contributed by atoms with Crippen molar-refractivity contribution in [3.63, 3.8) is 0 Å². The van der Waals surface area contributed by atoms with E-state index in [0.717, 1.165) is 5.75 Å². The molecule has 0 amide bonds. The highest BCUT2D eigenvalue weighted by atomic mass is 16.5. The fourth-order valence-electron chi connectivity index (χ4n) is 2.60. The van der Waals surface area contributed by atoms with Crippen molar-refractivity contribution in [3.8, 4) is 17.2 Å². The van der Waals surface area contributed by atoms with Gasteiger partial charge in [-0.3, -0.25) is 9.59 Å². The third-order valence-corrected chi connectivity index (χ3v) is 3.98. The van der Waals surface area contributed by atoms with Crippen LogP contribution in [0.3, 0.4) is 0 Å². The van der Waals surface area contributed by atoms with Gasteiger partial charge >= 0.3 is 11.1 Å². The molecular formula is C18H19N3O4. The first-order chi connectivity index (χ1) is 11.9. The van der Waals surface area contributed by atoms with Gasteiger partial charge in [0.25, 0.3) is 0 Å². The van der Waals surface area contributed by atoms with Gasteiger partial charge in [0, 0.05) is 20.2 Å². The summed E-state index contributed by atoms with van der Waals surface area (Å²) in [5, 5.41) is 0. The number of nitrogens with zero attached hydrogens (tertiary/aromatic N) is 2. The molecule has 1 heterocycles. The van der Waals surface area contributed by atoms with E-state index in [1.807, 2.05) is 6.92 Å². The molecule has 3 rings (SSSR count). The summed E-state index contributed by atoms with van der Waals surface area (Å²) in [6.45, 7) is 2.50. The molecule has 0 aliphatic rings. The average molecular weight is 341 g/mol. The Balaban J connectivity index is 2.06. The number of rotatable bonds is 4. The lowest BCUT2D eigenvalue weighted by molar-refractivity contribution is 0.339. The summed E-state index contributed by atoms with van der Waals surface area (Å²) in [7, 11) is 3.08. The minimum atomic E-state index is -0.605. The predicted octanol–water partition coefficient (Wildman–Crippen LogP) is 2.01. The third kappa shape index (κ3) is 2.96. The lowest BCUT2D eigenvalue weighted by atomic mass is 10.2. The lowest BCUT2D eigenvalue weighted by Gasteiger charge is -2.14. The molecular weight excluding hydrogens is 322 g/mol. The van der Waals surface area contributed by atoms with E-state index in [1.54, 1.807) is 50.5 Å². The summed E-state index contributed by atoms with van der Waals surface area (Å²) in [5.74, 6) is 1.74. The van der Waals surface area contributed by atoms with Gasteiger partial charge < -0.3 is 24.3 Å². The molecule has 130 valence electrons. The summed E-state index contributed by atoms with van der Waals surface area (Å²) < 4.78 is 13.8. The maximum atomic E-state index is 12.0. The third-order valence-electron chi connectivity index (χ3n) is 3.98. The van der Waals surface area contributed by atoms with Crippen LogP contribution < -0.4 is 26.3 Å². The Bertz CT molecular complexity index is 1050. The van der Waals surface area contributed by atoms with Gasteiger partial charge in [0.2, 0.25) is 0 Å². The molecule has 7 heteroatoms. The van der Waals surface area contributed by atoms with E-state index in [0.29, 0.717) is 34.8 Å². The highest BCUT2D eigenvalue weighted by Gasteiger charge is 2.12. The first-order valence-corrected chi connectivity index (χ1v) is 7.82. The zero-order valence-corrected chi connectivity index (χ0v) is 14.3. The molecule has 0 atom stereocenters.